The third kappa shape index (κ3) is 4.09. The maximum atomic E-state index is 11.2. The van der Waals surface area contributed by atoms with Gasteiger partial charge in [-0.1, -0.05) is 0 Å². The fourth-order valence-corrected chi connectivity index (χ4v) is 2.30. The smallest absolute Gasteiger partial charge is 0.326 e. The molecule has 122 valence electrons. The molecule has 1 aromatic carbocycles. The van der Waals surface area contributed by atoms with E-state index >= 15 is 0 Å². The van der Waals surface area contributed by atoms with Gasteiger partial charge in [0.1, 0.15) is 11.8 Å². The third-order valence-corrected chi connectivity index (χ3v) is 3.41. The lowest BCUT2D eigenvalue weighted by Gasteiger charge is -2.11. The summed E-state index contributed by atoms with van der Waals surface area (Å²) in [6.45, 7) is 3.24. The number of aromatic nitrogens is 2. The standard InChI is InChI=1S/C16H19N3O4/c1-10-6-13(23-3)4-5-15(10)19-8-12(17-9-19)7-14(16(21)22)18-11(2)20/h4-6,8-9,14H,7H2,1-3H3,(H,18,20)(H,21,22)/t14-/m0/s1. The number of carboxylic acid groups (broad SMARTS) is 1. The summed E-state index contributed by atoms with van der Waals surface area (Å²) in [5.74, 6) is -0.707. The Morgan fingerprint density at radius 1 is 1.43 bits per heavy atom. The summed E-state index contributed by atoms with van der Waals surface area (Å²) in [4.78, 5) is 26.5. The van der Waals surface area contributed by atoms with Gasteiger partial charge in [0.25, 0.3) is 0 Å². The van der Waals surface area contributed by atoms with Crippen LogP contribution in [0.1, 0.15) is 18.2 Å². The summed E-state index contributed by atoms with van der Waals surface area (Å²) < 4.78 is 6.99. The van der Waals surface area contributed by atoms with Crippen molar-refractivity contribution in [2.24, 2.45) is 0 Å². The number of carbonyl (C=O) groups is 2. The quantitative estimate of drug-likeness (QED) is 0.838. The molecule has 0 fully saturated rings. The summed E-state index contributed by atoms with van der Waals surface area (Å²) in [6.07, 6.45) is 3.50. The molecule has 0 bridgehead atoms. The highest BCUT2D eigenvalue weighted by molar-refractivity contribution is 5.82. The number of benzene rings is 1. The van der Waals surface area contributed by atoms with Crippen LogP contribution in [0, 0.1) is 6.92 Å². The van der Waals surface area contributed by atoms with Crippen LogP contribution in [-0.2, 0) is 16.0 Å². The molecule has 1 heterocycles. The van der Waals surface area contributed by atoms with E-state index in [2.05, 4.69) is 10.3 Å². The van der Waals surface area contributed by atoms with Gasteiger partial charge in [-0.05, 0) is 30.7 Å². The second-order valence-corrected chi connectivity index (χ2v) is 5.22. The van der Waals surface area contributed by atoms with Crippen LogP contribution in [0.2, 0.25) is 0 Å². The molecule has 0 radical (unpaired) electrons. The van der Waals surface area contributed by atoms with Crippen molar-refractivity contribution in [2.75, 3.05) is 7.11 Å². The molecule has 7 heteroatoms. The maximum Gasteiger partial charge on any atom is 0.326 e. The van der Waals surface area contributed by atoms with Crippen molar-refractivity contribution in [2.45, 2.75) is 26.3 Å². The van der Waals surface area contributed by atoms with Crippen molar-refractivity contribution in [3.63, 3.8) is 0 Å². The van der Waals surface area contributed by atoms with E-state index in [0.29, 0.717) is 5.69 Å². The van der Waals surface area contributed by atoms with Crippen LogP contribution in [-0.4, -0.2) is 39.7 Å². The number of carbonyl (C=O) groups excluding carboxylic acids is 1. The van der Waals surface area contributed by atoms with E-state index in [4.69, 9.17) is 9.84 Å². The van der Waals surface area contributed by atoms with Crippen LogP contribution in [0.5, 0.6) is 5.75 Å². The minimum Gasteiger partial charge on any atom is -0.497 e. The van der Waals surface area contributed by atoms with Gasteiger partial charge >= 0.3 is 5.97 Å². The van der Waals surface area contributed by atoms with Gasteiger partial charge in [0.2, 0.25) is 5.91 Å². The molecule has 1 aromatic heterocycles. The number of methoxy groups -OCH3 is 1. The maximum absolute atomic E-state index is 11.2. The predicted molar refractivity (Wildman–Crippen MR) is 83.8 cm³/mol. The minimum atomic E-state index is -1.09. The fourth-order valence-electron chi connectivity index (χ4n) is 2.30. The van der Waals surface area contributed by atoms with Crippen molar-refractivity contribution >= 4 is 11.9 Å². The first-order valence-electron chi connectivity index (χ1n) is 7.08. The number of imidazole rings is 1. The average molecular weight is 317 g/mol. The van der Waals surface area contributed by atoms with E-state index in [0.717, 1.165) is 17.0 Å². The fraction of sp³-hybridized carbons (Fsp3) is 0.312. The van der Waals surface area contributed by atoms with Gasteiger partial charge in [0.15, 0.2) is 0 Å². The summed E-state index contributed by atoms with van der Waals surface area (Å²) in [7, 11) is 1.61. The first-order chi connectivity index (χ1) is 10.9. The largest absolute Gasteiger partial charge is 0.497 e. The van der Waals surface area contributed by atoms with Crippen LogP contribution in [0.3, 0.4) is 0 Å². The van der Waals surface area contributed by atoms with Gasteiger partial charge < -0.3 is 19.7 Å². The lowest BCUT2D eigenvalue weighted by Crippen LogP contribution is -2.41. The highest BCUT2D eigenvalue weighted by atomic mass is 16.5. The zero-order valence-corrected chi connectivity index (χ0v) is 13.2. The zero-order chi connectivity index (χ0) is 17.0. The Kier molecular flexibility index (Phi) is 5.00. The Balaban J connectivity index is 2.20. The number of ether oxygens (including phenoxy) is 1. The first kappa shape index (κ1) is 16.5. The lowest BCUT2D eigenvalue weighted by molar-refractivity contribution is -0.141. The normalized spacial score (nSPS) is 11.8. The number of rotatable bonds is 6. The van der Waals surface area contributed by atoms with Crippen molar-refractivity contribution in [3.8, 4) is 11.4 Å². The molecule has 1 atom stereocenters. The molecule has 23 heavy (non-hydrogen) atoms. The average Bonchev–Trinajstić information content (AvgIpc) is 2.94. The number of nitrogens with one attached hydrogen (secondary N) is 1. The second kappa shape index (κ2) is 6.95. The molecule has 0 aliphatic carbocycles. The zero-order valence-electron chi connectivity index (χ0n) is 13.2. The molecule has 2 N–H and O–H groups in total. The number of amides is 1. The first-order valence-corrected chi connectivity index (χ1v) is 7.08. The van der Waals surface area contributed by atoms with Crippen molar-refractivity contribution in [1.82, 2.24) is 14.9 Å². The summed E-state index contributed by atoms with van der Waals surface area (Å²) >= 11 is 0. The molecule has 2 aromatic rings. The molecule has 7 nitrogen and oxygen atoms in total. The van der Waals surface area contributed by atoms with Gasteiger partial charge in [-0.25, -0.2) is 9.78 Å². The molecular formula is C16H19N3O4. The van der Waals surface area contributed by atoms with E-state index < -0.39 is 12.0 Å². The number of carboxylic acids is 1. The van der Waals surface area contributed by atoms with Gasteiger partial charge in [-0.15, -0.1) is 0 Å². The Morgan fingerprint density at radius 2 is 2.17 bits per heavy atom. The summed E-state index contributed by atoms with van der Waals surface area (Å²) in [6, 6.07) is 4.67. The predicted octanol–water partition coefficient (Wildman–Crippen LogP) is 1.32. The van der Waals surface area contributed by atoms with Gasteiger partial charge in [-0.2, -0.15) is 0 Å². The number of hydrogen-bond acceptors (Lipinski definition) is 4. The van der Waals surface area contributed by atoms with E-state index in [1.165, 1.54) is 6.92 Å². The summed E-state index contributed by atoms with van der Waals surface area (Å²) in [5, 5.41) is 11.5. The molecular weight excluding hydrogens is 298 g/mol. The Labute approximate surface area is 133 Å². The van der Waals surface area contributed by atoms with E-state index in [-0.39, 0.29) is 12.3 Å². The lowest BCUT2D eigenvalue weighted by atomic mass is 10.1. The Morgan fingerprint density at radius 3 is 2.74 bits per heavy atom. The minimum absolute atomic E-state index is 0.122. The molecule has 1 amide bonds. The Hall–Kier alpha value is -2.83. The van der Waals surface area contributed by atoms with Crippen molar-refractivity contribution in [3.05, 3.63) is 42.0 Å². The number of aliphatic carboxylic acids is 1. The number of nitrogens with zero attached hydrogens (tertiary/aromatic N) is 2. The van der Waals surface area contributed by atoms with Crippen LogP contribution in [0.15, 0.2) is 30.7 Å². The van der Waals surface area contributed by atoms with Gasteiger partial charge in [-0.3, -0.25) is 4.79 Å². The monoisotopic (exact) mass is 317 g/mol. The highest BCUT2D eigenvalue weighted by Crippen LogP contribution is 2.20. The number of hydrogen-bond donors (Lipinski definition) is 2. The van der Waals surface area contributed by atoms with Gasteiger partial charge in [0.05, 0.1) is 19.1 Å². The van der Waals surface area contributed by atoms with Crippen LogP contribution in [0.4, 0.5) is 0 Å². The molecule has 0 saturated heterocycles. The number of aryl methyl sites for hydroxylation is 1. The topological polar surface area (TPSA) is 93.5 Å². The van der Waals surface area contributed by atoms with Crippen LogP contribution >= 0.6 is 0 Å². The third-order valence-electron chi connectivity index (χ3n) is 3.41. The van der Waals surface area contributed by atoms with E-state index in [1.54, 1.807) is 19.6 Å². The molecule has 0 saturated carbocycles. The SMILES string of the molecule is COc1ccc(-n2cnc(C[C@H](NC(C)=O)C(=O)O)c2)c(C)c1. The molecule has 0 unspecified atom stereocenters. The summed E-state index contributed by atoms with van der Waals surface area (Å²) in [5.41, 5.74) is 2.52. The second-order valence-electron chi connectivity index (χ2n) is 5.22. The molecule has 0 aliphatic heterocycles. The molecule has 0 aliphatic rings. The van der Waals surface area contributed by atoms with Gasteiger partial charge in [0, 0.05) is 25.2 Å². The van der Waals surface area contributed by atoms with E-state index in [1.807, 2.05) is 29.7 Å². The Bertz CT molecular complexity index is 724. The highest BCUT2D eigenvalue weighted by Gasteiger charge is 2.20. The van der Waals surface area contributed by atoms with Crippen LogP contribution in [0.25, 0.3) is 5.69 Å². The van der Waals surface area contributed by atoms with Crippen molar-refractivity contribution < 1.29 is 19.4 Å². The molecule has 0 spiro atoms. The van der Waals surface area contributed by atoms with Crippen LogP contribution < -0.4 is 10.1 Å². The van der Waals surface area contributed by atoms with E-state index in [9.17, 15) is 9.59 Å². The molecule has 2 rings (SSSR count). The van der Waals surface area contributed by atoms with Crippen molar-refractivity contribution in [1.29, 1.82) is 0 Å².